The van der Waals surface area contributed by atoms with Crippen molar-refractivity contribution in [2.24, 2.45) is 0 Å². The summed E-state index contributed by atoms with van der Waals surface area (Å²) >= 11 is 0. The molecule has 6 nitrogen and oxygen atoms in total. The van der Waals surface area contributed by atoms with Gasteiger partial charge in [-0.3, -0.25) is 4.79 Å². The first kappa shape index (κ1) is 18.6. The summed E-state index contributed by atoms with van der Waals surface area (Å²) in [4.78, 5) is 12.9. The Morgan fingerprint density at radius 1 is 0.778 bits per heavy atom. The highest BCUT2D eigenvalue weighted by Gasteiger charge is 2.21. The molecule has 27 heavy (non-hydrogen) atoms. The number of hydrogen-bond donors (Lipinski definition) is 0. The van der Waals surface area contributed by atoms with Crippen LogP contribution >= 0.6 is 0 Å². The second-order valence-corrected chi connectivity index (χ2v) is 6.07. The standard InChI is InChI=1S/C21H22O6/c1-11-12(2)20(26-6)21-18(19(11)25-5)14(22)10-16(27-21)13-7-8-15(23-3)17(9-13)24-4/h7-10H,1-6H3. The summed E-state index contributed by atoms with van der Waals surface area (Å²) in [6.45, 7) is 3.79. The zero-order valence-electron chi connectivity index (χ0n) is 16.3. The average Bonchev–Trinajstić information content (AvgIpc) is 2.68. The summed E-state index contributed by atoms with van der Waals surface area (Å²) in [6, 6.07) is 6.76. The van der Waals surface area contributed by atoms with E-state index in [1.54, 1.807) is 39.5 Å². The molecule has 3 rings (SSSR count). The third-order valence-corrected chi connectivity index (χ3v) is 4.70. The van der Waals surface area contributed by atoms with Crippen molar-refractivity contribution in [2.75, 3.05) is 28.4 Å². The Balaban J connectivity index is 2.35. The molecule has 2 aromatic carbocycles. The Morgan fingerprint density at radius 3 is 2.00 bits per heavy atom. The van der Waals surface area contributed by atoms with Crippen molar-refractivity contribution >= 4 is 11.0 Å². The van der Waals surface area contributed by atoms with Crippen molar-refractivity contribution in [1.82, 2.24) is 0 Å². The molecule has 0 saturated heterocycles. The lowest BCUT2D eigenvalue weighted by molar-refractivity contribution is 0.355. The molecule has 0 saturated carbocycles. The average molecular weight is 370 g/mol. The Kier molecular flexibility index (Phi) is 4.99. The predicted octanol–water partition coefficient (Wildman–Crippen LogP) is 4.11. The van der Waals surface area contributed by atoms with E-state index in [2.05, 4.69) is 0 Å². The minimum absolute atomic E-state index is 0.209. The van der Waals surface area contributed by atoms with Crippen molar-refractivity contribution in [3.8, 4) is 34.3 Å². The Labute approximate surface area is 157 Å². The summed E-state index contributed by atoms with van der Waals surface area (Å²) < 4.78 is 27.7. The molecule has 0 spiro atoms. The molecular formula is C21H22O6. The lowest BCUT2D eigenvalue weighted by atomic mass is 10.0. The third kappa shape index (κ3) is 2.97. The van der Waals surface area contributed by atoms with Crippen LogP contribution in [0.15, 0.2) is 33.5 Å². The van der Waals surface area contributed by atoms with Gasteiger partial charge in [-0.15, -0.1) is 0 Å². The minimum atomic E-state index is -0.209. The van der Waals surface area contributed by atoms with E-state index >= 15 is 0 Å². The van der Waals surface area contributed by atoms with Crippen molar-refractivity contribution in [3.05, 3.63) is 45.6 Å². The van der Waals surface area contributed by atoms with Gasteiger partial charge < -0.3 is 23.4 Å². The Morgan fingerprint density at radius 2 is 1.41 bits per heavy atom. The normalized spacial score (nSPS) is 10.7. The fourth-order valence-corrected chi connectivity index (χ4v) is 3.20. The van der Waals surface area contributed by atoms with E-state index in [0.717, 1.165) is 11.1 Å². The van der Waals surface area contributed by atoms with Crippen molar-refractivity contribution in [3.63, 3.8) is 0 Å². The van der Waals surface area contributed by atoms with Gasteiger partial charge in [0.1, 0.15) is 16.9 Å². The van der Waals surface area contributed by atoms with Gasteiger partial charge in [-0.1, -0.05) is 0 Å². The fourth-order valence-electron chi connectivity index (χ4n) is 3.20. The first-order chi connectivity index (χ1) is 13.0. The number of hydrogen-bond acceptors (Lipinski definition) is 6. The topological polar surface area (TPSA) is 67.1 Å². The zero-order chi connectivity index (χ0) is 19.7. The van der Waals surface area contributed by atoms with Crippen molar-refractivity contribution in [1.29, 1.82) is 0 Å². The van der Waals surface area contributed by atoms with E-state index in [0.29, 0.717) is 45.3 Å². The van der Waals surface area contributed by atoms with Crippen LogP contribution in [0.25, 0.3) is 22.3 Å². The summed E-state index contributed by atoms with van der Waals surface area (Å²) in [5.41, 5.74) is 2.53. The lowest BCUT2D eigenvalue weighted by Crippen LogP contribution is -2.07. The van der Waals surface area contributed by atoms with Gasteiger partial charge in [0.2, 0.25) is 0 Å². The fraction of sp³-hybridized carbons (Fsp3) is 0.286. The molecular weight excluding hydrogens is 348 g/mol. The van der Waals surface area contributed by atoms with Crippen LogP contribution in [0.4, 0.5) is 0 Å². The van der Waals surface area contributed by atoms with Crippen LogP contribution in [0.1, 0.15) is 11.1 Å². The van der Waals surface area contributed by atoms with Gasteiger partial charge in [0.15, 0.2) is 28.3 Å². The molecule has 0 aliphatic rings. The first-order valence-electron chi connectivity index (χ1n) is 8.38. The number of methoxy groups -OCH3 is 4. The van der Waals surface area contributed by atoms with Crippen LogP contribution in [-0.4, -0.2) is 28.4 Å². The SMILES string of the molecule is COc1ccc(-c2cc(=O)c3c(OC)c(C)c(C)c(OC)c3o2)cc1OC. The van der Waals surface area contributed by atoms with E-state index < -0.39 is 0 Å². The number of fused-ring (bicyclic) bond motifs is 1. The van der Waals surface area contributed by atoms with Crippen LogP contribution in [-0.2, 0) is 0 Å². The molecule has 0 bridgehead atoms. The molecule has 1 aromatic heterocycles. The first-order valence-corrected chi connectivity index (χ1v) is 8.38. The van der Waals surface area contributed by atoms with Gasteiger partial charge in [0, 0.05) is 17.2 Å². The molecule has 0 N–H and O–H groups in total. The maximum Gasteiger partial charge on any atom is 0.197 e. The molecule has 0 atom stereocenters. The van der Waals surface area contributed by atoms with E-state index in [1.165, 1.54) is 13.2 Å². The van der Waals surface area contributed by atoms with Gasteiger partial charge >= 0.3 is 0 Å². The van der Waals surface area contributed by atoms with E-state index in [9.17, 15) is 4.79 Å². The molecule has 0 amide bonds. The van der Waals surface area contributed by atoms with Gasteiger partial charge in [-0.05, 0) is 37.6 Å². The minimum Gasteiger partial charge on any atom is -0.496 e. The van der Waals surface area contributed by atoms with E-state index in [1.807, 2.05) is 13.8 Å². The summed E-state index contributed by atoms with van der Waals surface area (Å²) in [5, 5.41) is 0.363. The third-order valence-electron chi connectivity index (χ3n) is 4.70. The van der Waals surface area contributed by atoms with Crippen LogP contribution in [0.5, 0.6) is 23.0 Å². The molecule has 0 unspecified atom stereocenters. The van der Waals surface area contributed by atoms with Gasteiger partial charge in [0.25, 0.3) is 0 Å². The Hall–Kier alpha value is -3.15. The molecule has 0 aliphatic carbocycles. The maximum absolute atomic E-state index is 12.9. The van der Waals surface area contributed by atoms with Crippen LogP contribution in [0.3, 0.4) is 0 Å². The number of benzene rings is 2. The van der Waals surface area contributed by atoms with Crippen molar-refractivity contribution < 1.29 is 23.4 Å². The van der Waals surface area contributed by atoms with Crippen molar-refractivity contribution in [2.45, 2.75) is 13.8 Å². The number of ether oxygens (including phenoxy) is 4. The maximum atomic E-state index is 12.9. The Bertz CT molecular complexity index is 1060. The molecule has 0 fully saturated rings. The molecule has 6 heteroatoms. The van der Waals surface area contributed by atoms with Crippen LogP contribution < -0.4 is 24.4 Å². The second-order valence-electron chi connectivity index (χ2n) is 6.07. The van der Waals surface area contributed by atoms with E-state index in [4.69, 9.17) is 23.4 Å². The lowest BCUT2D eigenvalue weighted by Gasteiger charge is -2.16. The van der Waals surface area contributed by atoms with Crippen LogP contribution in [0.2, 0.25) is 0 Å². The zero-order valence-corrected chi connectivity index (χ0v) is 16.3. The smallest absolute Gasteiger partial charge is 0.197 e. The molecule has 3 aromatic rings. The highest BCUT2D eigenvalue weighted by molar-refractivity contribution is 5.92. The summed E-state index contributed by atoms with van der Waals surface area (Å²) in [5.74, 6) is 2.55. The van der Waals surface area contributed by atoms with Gasteiger partial charge in [-0.25, -0.2) is 0 Å². The highest BCUT2D eigenvalue weighted by Crippen LogP contribution is 2.40. The van der Waals surface area contributed by atoms with Gasteiger partial charge in [0.05, 0.1) is 28.4 Å². The highest BCUT2D eigenvalue weighted by atomic mass is 16.5. The van der Waals surface area contributed by atoms with Crippen LogP contribution in [0, 0.1) is 13.8 Å². The largest absolute Gasteiger partial charge is 0.496 e. The van der Waals surface area contributed by atoms with Gasteiger partial charge in [-0.2, -0.15) is 0 Å². The summed E-state index contributed by atoms with van der Waals surface area (Å²) in [7, 11) is 6.21. The second kappa shape index (κ2) is 7.23. The summed E-state index contributed by atoms with van der Waals surface area (Å²) in [6.07, 6.45) is 0. The molecule has 0 radical (unpaired) electrons. The quantitative estimate of drug-likeness (QED) is 0.673. The molecule has 1 heterocycles. The van der Waals surface area contributed by atoms with E-state index in [-0.39, 0.29) is 5.43 Å². The predicted molar refractivity (Wildman–Crippen MR) is 104 cm³/mol. The molecule has 0 aliphatic heterocycles. The molecule has 142 valence electrons. The number of rotatable bonds is 5. The monoisotopic (exact) mass is 370 g/mol.